The van der Waals surface area contributed by atoms with Crippen molar-refractivity contribution in [1.29, 1.82) is 0 Å². The first kappa shape index (κ1) is 16.4. The van der Waals surface area contributed by atoms with Gasteiger partial charge in [0.2, 0.25) is 0 Å². The van der Waals surface area contributed by atoms with Crippen LogP contribution in [-0.4, -0.2) is 34.6 Å². The summed E-state index contributed by atoms with van der Waals surface area (Å²) in [7, 11) is 0. The van der Waals surface area contributed by atoms with Gasteiger partial charge in [0.05, 0.1) is 12.6 Å². The highest BCUT2D eigenvalue weighted by Gasteiger charge is 2.35. The van der Waals surface area contributed by atoms with E-state index in [0.29, 0.717) is 25.0 Å². The molecule has 0 radical (unpaired) electrons. The van der Waals surface area contributed by atoms with Crippen LogP contribution in [0.2, 0.25) is 0 Å². The van der Waals surface area contributed by atoms with Crippen molar-refractivity contribution in [2.45, 2.75) is 44.9 Å². The van der Waals surface area contributed by atoms with Crippen molar-refractivity contribution in [3.63, 3.8) is 0 Å². The summed E-state index contributed by atoms with van der Waals surface area (Å²) >= 11 is 0. The van der Waals surface area contributed by atoms with Crippen LogP contribution in [0.25, 0.3) is 0 Å². The monoisotopic (exact) mass is 338 g/mol. The van der Waals surface area contributed by atoms with Crippen molar-refractivity contribution < 1.29 is 9.53 Å². The molecule has 2 heterocycles. The molecule has 2 aliphatic rings. The summed E-state index contributed by atoms with van der Waals surface area (Å²) in [5.74, 6) is 0.504. The van der Waals surface area contributed by atoms with E-state index in [9.17, 15) is 4.79 Å². The number of morpholine rings is 1. The van der Waals surface area contributed by atoms with Crippen molar-refractivity contribution in [2.75, 3.05) is 13.1 Å². The predicted octanol–water partition coefficient (Wildman–Crippen LogP) is 4.06. The van der Waals surface area contributed by atoms with Crippen molar-refractivity contribution in [2.24, 2.45) is 5.92 Å². The van der Waals surface area contributed by atoms with Gasteiger partial charge in [-0.05, 0) is 36.5 Å². The Labute approximate surface area is 149 Å². The number of carbonyl (C=O) groups is 1. The molecule has 1 saturated carbocycles. The number of hydrogen-bond acceptors (Lipinski definition) is 2. The molecule has 1 aromatic heterocycles. The molecule has 2 atom stereocenters. The molecule has 1 aromatic carbocycles. The third-order valence-corrected chi connectivity index (χ3v) is 5.27. The van der Waals surface area contributed by atoms with Gasteiger partial charge < -0.3 is 14.2 Å². The molecule has 0 spiro atoms. The summed E-state index contributed by atoms with van der Waals surface area (Å²) in [6.07, 6.45) is 4.40. The van der Waals surface area contributed by atoms with Crippen molar-refractivity contribution >= 4 is 5.91 Å². The zero-order valence-corrected chi connectivity index (χ0v) is 15.0. The molecule has 132 valence electrons. The number of ether oxygens (including phenoxy) is 1. The van der Waals surface area contributed by atoms with E-state index in [2.05, 4.69) is 30.5 Å². The van der Waals surface area contributed by atoms with Crippen LogP contribution >= 0.6 is 0 Å². The fraction of sp³-hybridized carbons (Fsp3) is 0.476. The van der Waals surface area contributed by atoms with E-state index in [4.69, 9.17) is 4.74 Å². The van der Waals surface area contributed by atoms with Gasteiger partial charge in [0.25, 0.3) is 5.91 Å². The summed E-state index contributed by atoms with van der Waals surface area (Å²) in [6, 6.07) is 14.7. The maximum Gasteiger partial charge on any atom is 0.270 e. The van der Waals surface area contributed by atoms with E-state index >= 15 is 0 Å². The summed E-state index contributed by atoms with van der Waals surface area (Å²) < 4.78 is 8.47. The second-order valence-corrected chi connectivity index (χ2v) is 7.56. The van der Waals surface area contributed by atoms with Gasteiger partial charge in [0.1, 0.15) is 11.8 Å². The molecule has 4 nitrogen and oxygen atoms in total. The van der Waals surface area contributed by atoms with Crippen molar-refractivity contribution in [3.05, 3.63) is 59.9 Å². The Morgan fingerprint density at radius 2 is 1.84 bits per heavy atom. The first-order valence-electron chi connectivity index (χ1n) is 9.30. The normalized spacial score (nSPS) is 23.9. The molecule has 4 heteroatoms. The highest BCUT2D eigenvalue weighted by Crippen LogP contribution is 2.37. The van der Waals surface area contributed by atoms with Gasteiger partial charge in [-0.15, -0.1) is 0 Å². The van der Waals surface area contributed by atoms with Gasteiger partial charge in [-0.1, -0.05) is 44.2 Å². The Hall–Kier alpha value is -2.07. The molecule has 1 aliphatic heterocycles. The minimum Gasteiger partial charge on any atom is -0.366 e. The SMILES string of the molecule is CC(C)[C@H]1CN(C(=O)c2cccn2C2CC2)C[C@@H](c2ccccc2)O1. The lowest BCUT2D eigenvalue weighted by Crippen LogP contribution is -2.49. The average molecular weight is 338 g/mol. The van der Waals surface area contributed by atoms with Crippen LogP contribution in [0.15, 0.2) is 48.7 Å². The van der Waals surface area contributed by atoms with Crippen LogP contribution in [0.4, 0.5) is 0 Å². The molecule has 1 aliphatic carbocycles. The highest BCUT2D eigenvalue weighted by molar-refractivity contribution is 5.93. The third-order valence-electron chi connectivity index (χ3n) is 5.27. The summed E-state index contributed by atoms with van der Waals surface area (Å²) in [5.41, 5.74) is 1.96. The van der Waals surface area contributed by atoms with Crippen molar-refractivity contribution in [3.8, 4) is 0 Å². The van der Waals surface area contributed by atoms with Gasteiger partial charge in [-0.25, -0.2) is 0 Å². The fourth-order valence-corrected chi connectivity index (χ4v) is 3.58. The van der Waals surface area contributed by atoms with E-state index in [-0.39, 0.29) is 18.1 Å². The molecule has 2 fully saturated rings. The maximum absolute atomic E-state index is 13.2. The lowest BCUT2D eigenvalue weighted by molar-refractivity contribution is -0.0956. The van der Waals surface area contributed by atoms with Crippen molar-refractivity contribution in [1.82, 2.24) is 9.47 Å². The highest BCUT2D eigenvalue weighted by atomic mass is 16.5. The van der Waals surface area contributed by atoms with E-state index in [0.717, 1.165) is 11.3 Å². The Morgan fingerprint density at radius 3 is 2.52 bits per heavy atom. The van der Waals surface area contributed by atoms with Gasteiger partial charge in [-0.3, -0.25) is 4.79 Å². The van der Waals surface area contributed by atoms with E-state index in [1.807, 2.05) is 41.4 Å². The Kier molecular flexibility index (Phi) is 4.38. The van der Waals surface area contributed by atoms with Crippen LogP contribution in [0, 0.1) is 5.92 Å². The molecule has 2 aromatic rings. The van der Waals surface area contributed by atoms with E-state index in [1.54, 1.807) is 0 Å². The number of carbonyl (C=O) groups excluding carboxylic acids is 1. The molecular weight excluding hydrogens is 312 g/mol. The zero-order chi connectivity index (χ0) is 17.4. The molecule has 4 rings (SSSR count). The zero-order valence-electron chi connectivity index (χ0n) is 15.0. The lowest BCUT2D eigenvalue weighted by Gasteiger charge is -2.40. The number of aromatic nitrogens is 1. The van der Waals surface area contributed by atoms with Gasteiger partial charge >= 0.3 is 0 Å². The summed E-state index contributed by atoms with van der Waals surface area (Å²) in [5, 5.41) is 0. The Balaban J connectivity index is 1.59. The molecule has 0 bridgehead atoms. The lowest BCUT2D eigenvalue weighted by atomic mass is 10.0. The number of rotatable bonds is 4. The van der Waals surface area contributed by atoms with Crippen LogP contribution < -0.4 is 0 Å². The molecule has 0 unspecified atom stereocenters. The van der Waals surface area contributed by atoms with Crippen LogP contribution in [-0.2, 0) is 4.74 Å². The first-order valence-corrected chi connectivity index (χ1v) is 9.30. The number of hydrogen-bond donors (Lipinski definition) is 0. The smallest absolute Gasteiger partial charge is 0.270 e. The summed E-state index contributed by atoms with van der Waals surface area (Å²) in [4.78, 5) is 15.2. The molecule has 25 heavy (non-hydrogen) atoms. The molecule has 1 saturated heterocycles. The Morgan fingerprint density at radius 1 is 1.08 bits per heavy atom. The fourth-order valence-electron chi connectivity index (χ4n) is 3.58. The Bertz CT molecular complexity index is 733. The number of amides is 1. The number of benzene rings is 1. The largest absolute Gasteiger partial charge is 0.366 e. The topological polar surface area (TPSA) is 34.5 Å². The standard InChI is InChI=1S/C21H26N2O2/c1-15(2)19-13-22(14-20(25-19)16-7-4-3-5-8-16)21(24)18-9-6-12-23(18)17-10-11-17/h3-9,12,15,17,19-20H,10-11,13-14H2,1-2H3/t19-,20+/m1/s1. The minimum absolute atomic E-state index is 0.0596. The van der Waals surface area contributed by atoms with E-state index in [1.165, 1.54) is 12.8 Å². The predicted molar refractivity (Wildman–Crippen MR) is 97.5 cm³/mol. The maximum atomic E-state index is 13.2. The van der Waals surface area contributed by atoms with Gasteiger partial charge in [0, 0.05) is 18.8 Å². The molecule has 0 N–H and O–H groups in total. The molecule has 1 amide bonds. The second-order valence-electron chi connectivity index (χ2n) is 7.56. The first-order chi connectivity index (χ1) is 12.1. The van der Waals surface area contributed by atoms with Gasteiger partial charge in [0.15, 0.2) is 0 Å². The summed E-state index contributed by atoms with van der Waals surface area (Å²) in [6.45, 7) is 5.60. The average Bonchev–Trinajstić information content (AvgIpc) is 3.38. The second kappa shape index (κ2) is 6.68. The van der Waals surface area contributed by atoms with E-state index < -0.39 is 0 Å². The van der Waals surface area contributed by atoms with Crippen LogP contribution in [0.3, 0.4) is 0 Å². The minimum atomic E-state index is -0.0596. The molecular formula is C21H26N2O2. The third kappa shape index (κ3) is 3.36. The van der Waals surface area contributed by atoms with Gasteiger partial charge in [-0.2, -0.15) is 0 Å². The quantitative estimate of drug-likeness (QED) is 0.842. The van der Waals surface area contributed by atoms with Crippen LogP contribution in [0.1, 0.15) is 54.9 Å². The number of nitrogens with zero attached hydrogens (tertiary/aromatic N) is 2. The van der Waals surface area contributed by atoms with Crippen LogP contribution in [0.5, 0.6) is 0 Å².